The van der Waals surface area contributed by atoms with Crippen molar-refractivity contribution in [2.75, 3.05) is 26.9 Å². The van der Waals surface area contributed by atoms with E-state index in [9.17, 15) is 9.59 Å². The first-order valence-corrected chi connectivity index (χ1v) is 10.8. The molecular weight excluding hydrogens is 408 g/mol. The highest BCUT2D eigenvalue weighted by molar-refractivity contribution is 5.91. The first-order valence-electron chi connectivity index (χ1n) is 10.8. The second kappa shape index (κ2) is 13.5. The van der Waals surface area contributed by atoms with Crippen LogP contribution in [0.4, 0.5) is 0 Å². The maximum Gasteiger partial charge on any atom is 0.343 e. The highest BCUT2D eigenvalue weighted by atomic mass is 16.5. The smallest absolute Gasteiger partial charge is 0.343 e. The molecule has 1 unspecified atom stereocenters. The van der Waals surface area contributed by atoms with Gasteiger partial charge in [-0.2, -0.15) is 0 Å². The number of ether oxygens (including phenoxy) is 3. The van der Waals surface area contributed by atoms with E-state index in [-0.39, 0.29) is 18.1 Å². The van der Waals surface area contributed by atoms with Gasteiger partial charge in [0.05, 0.1) is 24.4 Å². The Balaban J connectivity index is 1.96. The van der Waals surface area contributed by atoms with Crippen molar-refractivity contribution in [1.82, 2.24) is 0 Å². The molecule has 0 heterocycles. The van der Waals surface area contributed by atoms with Gasteiger partial charge >= 0.3 is 11.9 Å². The Bertz CT molecular complexity index is 870. The van der Waals surface area contributed by atoms with Gasteiger partial charge in [-0.3, -0.25) is 0 Å². The van der Waals surface area contributed by atoms with E-state index < -0.39 is 18.5 Å². The normalized spacial score (nSPS) is 11.6. The van der Waals surface area contributed by atoms with Crippen LogP contribution < -0.4 is 4.74 Å². The van der Waals surface area contributed by atoms with Crippen molar-refractivity contribution in [3.63, 3.8) is 0 Å². The van der Waals surface area contributed by atoms with Gasteiger partial charge in [-0.1, -0.05) is 50.6 Å². The molecule has 6 nitrogen and oxygen atoms in total. The third-order valence-electron chi connectivity index (χ3n) is 5.08. The molecule has 2 rings (SSSR count). The van der Waals surface area contributed by atoms with E-state index in [1.165, 1.54) is 18.4 Å². The fraction of sp³-hybridized carbons (Fsp3) is 0.385. The lowest BCUT2D eigenvalue weighted by Gasteiger charge is -2.17. The van der Waals surface area contributed by atoms with Crippen LogP contribution in [-0.4, -0.2) is 44.0 Å². The molecule has 2 aromatic rings. The van der Waals surface area contributed by atoms with E-state index in [4.69, 9.17) is 19.3 Å². The van der Waals surface area contributed by atoms with Crippen LogP contribution >= 0.6 is 0 Å². The first-order chi connectivity index (χ1) is 15.5. The second-order valence-electron chi connectivity index (χ2n) is 7.62. The van der Waals surface area contributed by atoms with Crippen LogP contribution in [0.3, 0.4) is 0 Å². The Morgan fingerprint density at radius 3 is 2.28 bits per heavy atom. The second-order valence-corrected chi connectivity index (χ2v) is 7.62. The third kappa shape index (κ3) is 7.94. The number of hydrogen-bond acceptors (Lipinski definition) is 6. The van der Waals surface area contributed by atoms with Crippen molar-refractivity contribution >= 4 is 11.9 Å². The predicted octanol–water partition coefficient (Wildman–Crippen LogP) is 4.46. The summed E-state index contributed by atoms with van der Waals surface area (Å²) in [4.78, 5) is 24.2. The molecule has 172 valence electrons. The van der Waals surface area contributed by atoms with Gasteiger partial charge in [-0.15, -0.1) is 0 Å². The largest absolute Gasteiger partial charge is 0.462 e. The lowest BCUT2D eigenvalue weighted by atomic mass is 9.99. The molecule has 0 spiro atoms. The quantitative estimate of drug-likeness (QED) is 0.214. The van der Waals surface area contributed by atoms with Crippen LogP contribution in [0.1, 0.15) is 53.6 Å². The third-order valence-corrected chi connectivity index (χ3v) is 5.08. The van der Waals surface area contributed by atoms with Gasteiger partial charge < -0.3 is 19.3 Å². The van der Waals surface area contributed by atoms with Gasteiger partial charge in [0.1, 0.15) is 12.4 Å². The summed E-state index contributed by atoms with van der Waals surface area (Å²) >= 11 is 0. The zero-order valence-corrected chi connectivity index (χ0v) is 18.8. The van der Waals surface area contributed by atoms with Crippen LogP contribution in [-0.2, 0) is 20.7 Å². The summed E-state index contributed by atoms with van der Waals surface area (Å²) in [5.74, 6) is -0.804. The van der Waals surface area contributed by atoms with Crippen LogP contribution in [0, 0.1) is 0 Å². The summed E-state index contributed by atoms with van der Waals surface area (Å²) in [5.41, 5.74) is 2.49. The Morgan fingerprint density at radius 2 is 1.69 bits per heavy atom. The molecule has 0 radical (unpaired) electrons. The van der Waals surface area contributed by atoms with E-state index in [2.05, 4.69) is 13.5 Å². The summed E-state index contributed by atoms with van der Waals surface area (Å²) in [6.07, 6.45) is 4.57. The maximum atomic E-state index is 12.5. The molecule has 6 heteroatoms. The monoisotopic (exact) mass is 440 g/mol. The zero-order chi connectivity index (χ0) is 23.3. The molecule has 0 saturated carbocycles. The molecule has 0 saturated heterocycles. The van der Waals surface area contributed by atoms with Crippen molar-refractivity contribution in [3.8, 4) is 5.75 Å². The molecule has 1 atom stereocenters. The van der Waals surface area contributed by atoms with Crippen LogP contribution in [0.15, 0.2) is 60.7 Å². The van der Waals surface area contributed by atoms with Crippen molar-refractivity contribution < 1.29 is 28.9 Å². The number of aryl methyl sites for hydroxylation is 1. The molecule has 0 aromatic heterocycles. The van der Waals surface area contributed by atoms with Gasteiger partial charge in [-0.05, 0) is 48.2 Å². The number of hydrogen-bond donors (Lipinski definition) is 1. The molecule has 32 heavy (non-hydrogen) atoms. The molecule has 0 bridgehead atoms. The van der Waals surface area contributed by atoms with Crippen molar-refractivity contribution in [2.45, 2.75) is 38.5 Å². The standard InChI is InChI=1S/C26H32O6/c1-4-5-6-7-20-8-14-24(15-9-20)32-26(29)22-12-10-21(11-13-22)23(17-30-3)18-31-25(28)19(2)16-27/h8-15,23,27H,2,4-7,16-18H2,1,3H3. The lowest BCUT2D eigenvalue weighted by Crippen LogP contribution is -2.19. The Kier molecular flexibility index (Phi) is 10.6. The summed E-state index contributed by atoms with van der Waals surface area (Å²) in [6.45, 7) is 5.57. The average molecular weight is 441 g/mol. The van der Waals surface area contributed by atoms with Crippen LogP contribution in [0.5, 0.6) is 5.75 Å². The molecule has 0 aliphatic carbocycles. The minimum Gasteiger partial charge on any atom is -0.462 e. The predicted molar refractivity (Wildman–Crippen MR) is 123 cm³/mol. The Morgan fingerprint density at radius 1 is 1.00 bits per heavy atom. The number of methoxy groups -OCH3 is 1. The summed E-state index contributed by atoms with van der Waals surface area (Å²) < 4.78 is 15.9. The van der Waals surface area contributed by atoms with Gasteiger partial charge in [0.25, 0.3) is 0 Å². The molecule has 0 amide bonds. The van der Waals surface area contributed by atoms with Crippen molar-refractivity contribution in [1.29, 1.82) is 0 Å². The minimum absolute atomic E-state index is 0.00625. The highest BCUT2D eigenvalue weighted by Crippen LogP contribution is 2.20. The number of rotatable bonds is 13. The summed E-state index contributed by atoms with van der Waals surface area (Å²) in [5, 5.41) is 8.97. The van der Waals surface area contributed by atoms with Crippen LogP contribution in [0.2, 0.25) is 0 Å². The number of carbonyl (C=O) groups is 2. The average Bonchev–Trinajstić information content (AvgIpc) is 2.82. The maximum absolute atomic E-state index is 12.5. The first kappa shape index (κ1) is 25.3. The molecular formula is C26H32O6. The SMILES string of the molecule is C=C(CO)C(=O)OCC(COC)c1ccc(C(=O)Oc2ccc(CCCCC)cc2)cc1. The molecule has 0 fully saturated rings. The molecule has 1 N–H and O–H groups in total. The molecule has 2 aromatic carbocycles. The van der Waals surface area contributed by atoms with E-state index in [1.54, 1.807) is 31.4 Å². The number of unbranched alkanes of at least 4 members (excludes halogenated alkanes) is 2. The topological polar surface area (TPSA) is 82.1 Å². The van der Waals surface area contributed by atoms with Crippen LogP contribution in [0.25, 0.3) is 0 Å². The number of aliphatic hydroxyl groups excluding tert-OH is 1. The van der Waals surface area contributed by atoms with E-state index in [0.717, 1.165) is 18.4 Å². The Hall–Kier alpha value is -2.96. The number of esters is 2. The lowest BCUT2D eigenvalue weighted by molar-refractivity contribution is -0.140. The Labute approximate surface area is 189 Å². The summed E-state index contributed by atoms with van der Waals surface area (Å²) in [7, 11) is 1.56. The van der Waals surface area contributed by atoms with E-state index in [0.29, 0.717) is 17.9 Å². The minimum atomic E-state index is -0.648. The highest BCUT2D eigenvalue weighted by Gasteiger charge is 2.17. The number of aliphatic hydroxyl groups is 1. The number of benzene rings is 2. The fourth-order valence-corrected chi connectivity index (χ4v) is 3.15. The van der Waals surface area contributed by atoms with Gasteiger partial charge in [-0.25, -0.2) is 9.59 Å². The van der Waals surface area contributed by atoms with E-state index >= 15 is 0 Å². The van der Waals surface area contributed by atoms with Gasteiger partial charge in [0.15, 0.2) is 0 Å². The van der Waals surface area contributed by atoms with Gasteiger partial charge in [0.2, 0.25) is 0 Å². The summed E-state index contributed by atoms with van der Waals surface area (Å²) in [6, 6.07) is 14.5. The van der Waals surface area contributed by atoms with Crippen molar-refractivity contribution in [2.24, 2.45) is 0 Å². The van der Waals surface area contributed by atoms with Gasteiger partial charge in [0, 0.05) is 13.0 Å². The molecule has 0 aliphatic heterocycles. The van der Waals surface area contributed by atoms with E-state index in [1.807, 2.05) is 24.3 Å². The number of carbonyl (C=O) groups excluding carboxylic acids is 2. The zero-order valence-electron chi connectivity index (χ0n) is 18.8. The fourth-order valence-electron chi connectivity index (χ4n) is 3.15. The van der Waals surface area contributed by atoms with Crippen molar-refractivity contribution in [3.05, 3.63) is 77.4 Å². The molecule has 0 aliphatic rings.